The summed E-state index contributed by atoms with van der Waals surface area (Å²) in [5.74, 6) is 0.683. The highest BCUT2D eigenvalue weighted by Crippen LogP contribution is 2.19. The van der Waals surface area contributed by atoms with E-state index in [2.05, 4.69) is 10.3 Å². The molecule has 1 saturated heterocycles. The average Bonchev–Trinajstić information content (AvgIpc) is 2.47. The number of rotatable bonds is 4. The number of anilines is 1. The molecule has 1 aromatic rings. The largest absolute Gasteiger partial charge is 0.389 e. The van der Waals surface area contributed by atoms with E-state index in [1.54, 1.807) is 13.1 Å². The first-order valence-corrected chi connectivity index (χ1v) is 6.89. The normalized spacial score (nSPS) is 20.6. The van der Waals surface area contributed by atoms with E-state index in [0.29, 0.717) is 26.3 Å². The van der Waals surface area contributed by atoms with Crippen LogP contribution < -0.4 is 10.2 Å². The Kier molecular flexibility index (Phi) is 4.92. The van der Waals surface area contributed by atoms with E-state index in [-0.39, 0.29) is 11.9 Å². The van der Waals surface area contributed by atoms with Gasteiger partial charge < -0.3 is 20.1 Å². The highest BCUT2D eigenvalue weighted by molar-refractivity contribution is 5.85. The number of carbonyl (C=O) groups excluding carboxylic acids is 1. The van der Waals surface area contributed by atoms with Crippen molar-refractivity contribution in [3.05, 3.63) is 23.9 Å². The molecule has 0 aromatic carbocycles. The Balaban J connectivity index is 2.16. The van der Waals surface area contributed by atoms with Crippen LogP contribution >= 0.6 is 0 Å². The lowest BCUT2D eigenvalue weighted by atomic mass is 10.1. The summed E-state index contributed by atoms with van der Waals surface area (Å²) in [6.07, 6.45) is 1.10. The second-order valence-electron chi connectivity index (χ2n) is 4.80. The van der Waals surface area contributed by atoms with E-state index in [4.69, 9.17) is 4.74 Å². The van der Waals surface area contributed by atoms with Crippen LogP contribution in [0.2, 0.25) is 0 Å². The highest BCUT2D eigenvalue weighted by atomic mass is 16.5. The summed E-state index contributed by atoms with van der Waals surface area (Å²) in [4.78, 5) is 18.3. The van der Waals surface area contributed by atoms with Crippen LogP contribution in [-0.4, -0.2) is 48.3 Å². The predicted octanol–water partition coefficient (Wildman–Crippen LogP) is 0.476. The number of aliphatic hydroxyl groups is 1. The van der Waals surface area contributed by atoms with Crippen LogP contribution in [0.3, 0.4) is 0 Å². The lowest BCUT2D eigenvalue weighted by Crippen LogP contribution is -2.54. The fourth-order valence-electron chi connectivity index (χ4n) is 2.20. The van der Waals surface area contributed by atoms with Gasteiger partial charge in [0, 0.05) is 19.3 Å². The van der Waals surface area contributed by atoms with Crippen molar-refractivity contribution in [3.63, 3.8) is 0 Å². The van der Waals surface area contributed by atoms with Crippen LogP contribution in [0.15, 0.2) is 18.3 Å². The van der Waals surface area contributed by atoms with Gasteiger partial charge in [-0.05, 0) is 25.5 Å². The molecule has 2 N–H and O–H groups in total. The van der Waals surface area contributed by atoms with Gasteiger partial charge >= 0.3 is 0 Å². The number of nitrogens with zero attached hydrogens (tertiary/aromatic N) is 2. The number of ether oxygens (including phenoxy) is 1. The monoisotopic (exact) mass is 279 g/mol. The number of aliphatic hydroxyl groups excluding tert-OH is 1. The fraction of sp³-hybridized carbons (Fsp3) is 0.571. The standard InChI is InChI=1S/C14H21N3O3/c1-3-15-14(19)12-9-20-7-6-17(12)13-5-4-11(8-16-13)10(2)18/h4-5,8,10,12,18H,3,6-7,9H2,1-2H3,(H,15,19)/t10-,12?/m0/s1. The average molecular weight is 279 g/mol. The van der Waals surface area contributed by atoms with Crippen molar-refractivity contribution in [1.82, 2.24) is 10.3 Å². The Bertz CT molecular complexity index is 447. The Labute approximate surface area is 118 Å². The molecule has 0 radical (unpaired) electrons. The summed E-state index contributed by atoms with van der Waals surface area (Å²) < 4.78 is 5.39. The van der Waals surface area contributed by atoms with Crippen molar-refractivity contribution in [1.29, 1.82) is 0 Å². The van der Waals surface area contributed by atoms with Gasteiger partial charge in [-0.1, -0.05) is 6.07 Å². The first-order chi connectivity index (χ1) is 9.63. The first kappa shape index (κ1) is 14.7. The smallest absolute Gasteiger partial charge is 0.245 e. The molecular weight excluding hydrogens is 258 g/mol. The number of likely N-dealkylation sites (N-methyl/N-ethyl adjacent to an activating group) is 1. The zero-order chi connectivity index (χ0) is 14.5. The van der Waals surface area contributed by atoms with E-state index in [1.807, 2.05) is 24.0 Å². The number of morpholine rings is 1. The first-order valence-electron chi connectivity index (χ1n) is 6.89. The number of amides is 1. The third-order valence-corrected chi connectivity index (χ3v) is 3.33. The second kappa shape index (κ2) is 6.67. The van der Waals surface area contributed by atoms with Crippen molar-refractivity contribution < 1.29 is 14.6 Å². The SMILES string of the molecule is CCNC(=O)C1COCCN1c1ccc([C@H](C)O)cn1. The molecule has 6 nitrogen and oxygen atoms in total. The molecule has 1 aromatic heterocycles. The van der Waals surface area contributed by atoms with Crippen molar-refractivity contribution >= 4 is 11.7 Å². The van der Waals surface area contributed by atoms with Gasteiger partial charge in [0.2, 0.25) is 5.91 Å². The summed E-state index contributed by atoms with van der Waals surface area (Å²) in [6.45, 7) is 5.76. The van der Waals surface area contributed by atoms with E-state index in [0.717, 1.165) is 11.4 Å². The summed E-state index contributed by atoms with van der Waals surface area (Å²) in [5, 5.41) is 12.3. The van der Waals surface area contributed by atoms with Gasteiger partial charge in [0.05, 0.1) is 19.3 Å². The van der Waals surface area contributed by atoms with E-state index in [1.165, 1.54) is 0 Å². The molecular formula is C14H21N3O3. The summed E-state index contributed by atoms with van der Waals surface area (Å²) in [6, 6.07) is 3.31. The lowest BCUT2D eigenvalue weighted by molar-refractivity contribution is -0.124. The molecule has 2 rings (SSSR count). The minimum atomic E-state index is -0.541. The number of aromatic nitrogens is 1. The lowest BCUT2D eigenvalue weighted by Gasteiger charge is -2.35. The summed E-state index contributed by atoms with van der Waals surface area (Å²) in [7, 11) is 0. The highest BCUT2D eigenvalue weighted by Gasteiger charge is 2.30. The molecule has 110 valence electrons. The van der Waals surface area contributed by atoms with Crippen molar-refractivity contribution in [3.8, 4) is 0 Å². The van der Waals surface area contributed by atoms with Gasteiger partial charge in [-0.15, -0.1) is 0 Å². The molecule has 1 aliphatic heterocycles. The topological polar surface area (TPSA) is 74.7 Å². The molecule has 6 heteroatoms. The van der Waals surface area contributed by atoms with Gasteiger partial charge in [0.15, 0.2) is 0 Å². The molecule has 0 saturated carbocycles. The number of hydrogen-bond acceptors (Lipinski definition) is 5. The molecule has 0 bridgehead atoms. The molecule has 20 heavy (non-hydrogen) atoms. The molecule has 1 fully saturated rings. The van der Waals surface area contributed by atoms with Gasteiger partial charge in [-0.2, -0.15) is 0 Å². The maximum Gasteiger partial charge on any atom is 0.245 e. The molecule has 0 aliphatic carbocycles. The predicted molar refractivity (Wildman–Crippen MR) is 75.5 cm³/mol. The maximum atomic E-state index is 12.1. The Hall–Kier alpha value is -1.66. The third-order valence-electron chi connectivity index (χ3n) is 3.33. The van der Waals surface area contributed by atoms with E-state index >= 15 is 0 Å². The summed E-state index contributed by atoms with van der Waals surface area (Å²) >= 11 is 0. The van der Waals surface area contributed by atoms with E-state index < -0.39 is 6.10 Å². The van der Waals surface area contributed by atoms with Crippen LogP contribution in [0.5, 0.6) is 0 Å². The molecule has 2 heterocycles. The Morgan fingerprint density at radius 3 is 3.05 bits per heavy atom. The van der Waals surface area contributed by atoms with Gasteiger partial charge in [0.25, 0.3) is 0 Å². The summed E-state index contributed by atoms with van der Waals surface area (Å²) in [5.41, 5.74) is 0.761. The van der Waals surface area contributed by atoms with Crippen LogP contribution in [0.1, 0.15) is 25.5 Å². The Morgan fingerprint density at radius 2 is 2.45 bits per heavy atom. The molecule has 1 unspecified atom stereocenters. The minimum absolute atomic E-state index is 0.0476. The molecule has 1 aliphatic rings. The van der Waals surface area contributed by atoms with Crippen LogP contribution in [-0.2, 0) is 9.53 Å². The molecule has 2 atom stereocenters. The number of nitrogens with one attached hydrogen (secondary N) is 1. The zero-order valence-corrected chi connectivity index (χ0v) is 11.9. The number of hydrogen-bond donors (Lipinski definition) is 2. The third kappa shape index (κ3) is 3.26. The van der Waals surface area contributed by atoms with E-state index in [9.17, 15) is 9.90 Å². The van der Waals surface area contributed by atoms with Crippen molar-refractivity contribution in [2.45, 2.75) is 26.0 Å². The minimum Gasteiger partial charge on any atom is -0.389 e. The van der Waals surface area contributed by atoms with Crippen molar-refractivity contribution in [2.24, 2.45) is 0 Å². The zero-order valence-electron chi connectivity index (χ0n) is 11.9. The second-order valence-corrected chi connectivity index (χ2v) is 4.80. The van der Waals surface area contributed by atoms with Crippen LogP contribution in [0.25, 0.3) is 0 Å². The van der Waals surface area contributed by atoms with Crippen molar-refractivity contribution in [2.75, 3.05) is 31.2 Å². The van der Waals surface area contributed by atoms with Gasteiger partial charge in [0.1, 0.15) is 11.9 Å². The van der Waals surface area contributed by atoms with Crippen LogP contribution in [0, 0.1) is 0 Å². The van der Waals surface area contributed by atoms with Gasteiger partial charge in [-0.25, -0.2) is 4.98 Å². The molecule has 0 spiro atoms. The van der Waals surface area contributed by atoms with Gasteiger partial charge in [-0.3, -0.25) is 4.79 Å². The maximum absolute atomic E-state index is 12.1. The Morgan fingerprint density at radius 1 is 1.65 bits per heavy atom. The quantitative estimate of drug-likeness (QED) is 0.838. The number of carbonyl (C=O) groups is 1. The molecule has 1 amide bonds. The number of pyridine rings is 1. The van der Waals surface area contributed by atoms with Crippen LogP contribution in [0.4, 0.5) is 5.82 Å². The fourth-order valence-corrected chi connectivity index (χ4v) is 2.20.